The molecule has 6 heteroatoms. The van der Waals surface area contributed by atoms with E-state index in [-0.39, 0.29) is 24.2 Å². The average molecular weight is 264 g/mol. The van der Waals surface area contributed by atoms with Gasteiger partial charge in [0, 0.05) is 24.7 Å². The van der Waals surface area contributed by atoms with Gasteiger partial charge in [0.1, 0.15) is 0 Å². The molecule has 0 aliphatic carbocycles. The first kappa shape index (κ1) is 14.9. The highest BCUT2D eigenvalue weighted by atomic mass is 16.2. The van der Waals surface area contributed by atoms with Gasteiger partial charge in [-0.25, -0.2) is 0 Å². The Morgan fingerprint density at radius 3 is 2.53 bits per heavy atom. The van der Waals surface area contributed by atoms with Gasteiger partial charge in [-0.15, -0.1) is 0 Å². The van der Waals surface area contributed by atoms with E-state index < -0.39 is 0 Å². The number of nitrogen functional groups attached to an aromatic ring is 1. The molecule has 19 heavy (non-hydrogen) atoms. The molecule has 0 aliphatic rings. The fraction of sp³-hybridized carbons (Fsp3) is 0.462. The van der Waals surface area contributed by atoms with Crippen molar-refractivity contribution in [1.82, 2.24) is 15.6 Å². The minimum Gasteiger partial charge on any atom is -0.397 e. The van der Waals surface area contributed by atoms with E-state index >= 15 is 0 Å². The smallest absolute Gasteiger partial charge is 0.226 e. The van der Waals surface area contributed by atoms with Crippen LogP contribution in [0, 0.1) is 5.92 Å². The van der Waals surface area contributed by atoms with Crippen LogP contribution in [-0.4, -0.2) is 29.9 Å². The highest BCUT2D eigenvalue weighted by Crippen LogP contribution is 2.01. The minimum absolute atomic E-state index is 0.0190. The molecule has 0 bridgehead atoms. The number of rotatable bonds is 6. The van der Waals surface area contributed by atoms with E-state index in [0.717, 1.165) is 0 Å². The Kier molecular flexibility index (Phi) is 5.78. The zero-order chi connectivity index (χ0) is 14.3. The lowest BCUT2D eigenvalue weighted by atomic mass is 10.2. The van der Waals surface area contributed by atoms with Gasteiger partial charge < -0.3 is 16.4 Å². The Bertz CT molecular complexity index is 429. The van der Waals surface area contributed by atoms with Crippen molar-refractivity contribution in [3.05, 3.63) is 24.0 Å². The molecule has 0 spiro atoms. The maximum absolute atomic E-state index is 11.6. The summed E-state index contributed by atoms with van der Waals surface area (Å²) in [6.07, 6.45) is 1.73. The fourth-order valence-corrected chi connectivity index (χ4v) is 1.36. The summed E-state index contributed by atoms with van der Waals surface area (Å²) in [5, 5.41) is 5.44. The zero-order valence-corrected chi connectivity index (χ0v) is 11.3. The summed E-state index contributed by atoms with van der Waals surface area (Å²) >= 11 is 0. The Morgan fingerprint density at radius 2 is 1.95 bits per heavy atom. The number of nitrogens with two attached hydrogens (primary N) is 1. The molecule has 0 aliphatic heterocycles. The topological polar surface area (TPSA) is 97.1 Å². The lowest BCUT2D eigenvalue weighted by Crippen LogP contribution is -2.36. The maximum Gasteiger partial charge on any atom is 0.226 e. The van der Waals surface area contributed by atoms with Gasteiger partial charge in [-0.2, -0.15) is 0 Å². The third kappa shape index (κ3) is 5.85. The molecule has 4 N–H and O–H groups in total. The van der Waals surface area contributed by atoms with Crippen LogP contribution in [0.5, 0.6) is 0 Å². The van der Waals surface area contributed by atoms with Crippen LogP contribution in [0.4, 0.5) is 5.69 Å². The highest BCUT2D eigenvalue weighted by Gasteiger charge is 2.06. The van der Waals surface area contributed by atoms with Crippen molar-refractivity contribution in [3.63, 3.8) is 0 Å². The number of carbonyl (C=O) groups is 2. The van der Waals surface area contributed by atoms with Crippen LogP contribution < -0.4 is 16.4 Å². The predicted molar refractivity (Wildman–Crippen MR) is 73.2 cm³/mol. The van der Waals surface area contributed by atoms with Crippen LogP contribution in [0.25, 0.3) is 0 Å². The molecule has 0 atom stereocenters. The molecule has 0 aromatic carbocycles. The summed E-state index contributed by atoms with van der Waals surface area (Å²) in [5.74, 6) is -0.194. The number of amides is 2. The van der Waals surface area contributed by atoms with Gasteiger partial charge in [-0.05, 0) is 12.1 Å². The molecule has 2 amide bonds. The number of pyridine rings is 1. The molecule has 0 fully saturated rings. The predicted octanol–water partition coefficient (Wildman–Crippen LogP) is 0.0947. The first-order valence-corrected chi connectivity index (χ1v) is 6.24. The van der Waals surface area contributed by atoms with Gasteiger partial charge in [-0.1, -0.05) is 13.8 Å². The van der Waals surface area contributed by atoms with Gasteiger partial charge >= 0.3 is 0 Å². The van der Waals surface area contributed by atoms with Gasteiger partial charge in [-0.3, -0.25) is 14.6 Å². The molecular formula is C13H20N4O2. The number of aromatic nitrogens is 1. The van der Waals surface area contributed by atoms with E-state index in [2.05, 4.69) is 15.6 Å². The molecule has 104 valence electrons. The van der Waals surface area contributed by atoms with Gasteiger partial charge in [0.25, 0.3) is 0 Å². The molecular weight excluding hydrogens is 244 g/mol. The van der Waals surface area contributed by atoms with Crippen molar-refractivity contribution < 1.29 is 9.59 Å². The van der Waals surface area contributed by atoms with Crippen LogP contribution in [0.15, 0.2) is 18.3 Å². The summed E-state index contributed by atoms with van der Waals surface area (Å²) < 4.78 is 0. The minimum atomic E-state index is -0.129. The molecule has 1 aromatic heterocycles. The van der Waals surface area contributed by atoms with Crippen LogP contribution in [-0.2, 0) is 16.0 Å². The number of hydrogen-bond donors (Lipinski definition) is 3. The number of nitrogens with one attached hydrogen (secondary N) is 2. The molecule has 0 radical (unpaired) electrons. The van der Waals surface area contributed by atoms with Gasteiger partial charge in [0.05, 0.1) is 18.3 Å². The zero-order valence-electron chi connectivity index (χ0n) is 11.3. The van der Waals surface area contributed by atoms with Gasteiger partial charge in [0.2, 0.25) is 11.8 Å². The third-order valence-corrected chi connectivity index (χ3v) is 2.46. The molecule has 0 unspecified atom stereocenters. The second kappa shape index (κ2) is 7.35. The number of hydrogen-bond acceptors (Lipinski definition) is 4. The Balaban J connectivity index is 2.21. The standard InChI is InChI=1S/C13H20N4O2/c1-9(2)13(19)16-6-5-15-12(18)7-11-4-3-10(14)8-17-11/h3-4,8-9H,5-7,14H2,1-2H3,(H,15,18)(H,16,19). The molecule has 1 heterocycles. The van der Waals surface area contributed by atoms with Crippen LogP contribution >= 0.6 is 0 Å². The van der Waals surface area contributed by atoms with E-state index in [4.69, 9.17) is 5.73 Å². The molecule has 6 nitrogen and oxygen atoms in total. The highest BCUT2D eigenvalue weighted by molar-refractivity contribution is 5.79. The summed E-state index contributed by atoms with van der Waals surface area (Å²) in [4.78, 5) is 26.9. The van der Waals surface area contributed by atoms with E-state index in [0.29, 0.717) is 24.5 Å². The van der Waals surface area contributed by atoms with Gasteiger partial charge in [0.15, 0.2) is 0 Å². The van der Waals surface area contributed by atoms with Crippen molar-refractivity contribution in [2.75, 3.05) is 18.8 Å². The normalized spacial score (nSPS) is 10.3. The number of carbonyl (C=O) groups excluding carboxylic acids is 2. The molecule has 1 rings (SSSR count). The number of anilines is 1. The first-order valence-electron chi connectivity index (χ1n) is 6.24. The lowest BCUT2D eigenvalue weighted by Gasteiger charge is -2.08. The summed E-state index contributed by atoms with van der Waals surface area (Å²) in [7, 11) is 0. The van der Waals surface area contributed by atoms with Crippen molar-refractivity contribution in [2.24, 2.45) is 5.92 Å². The Labute approximate surface area is 112 Å². The Hall–Kier alpha value is -2.11. The van der Waals surface area contributed by atoms with Crippen molar-refractivity contribution in [2.45, 2.75) is 20.3 Å². The van der Waals surface area contributed by atoms with Crippen molar-refractivity contribution in [3.8, 4) is 0 Å². The Morgan fingerprint density at radius 1 is 1.26 bits per heavy atom. The average Bonchev–Trinajstić information content (AvgIpc) is 2.37. The second-order valence-corrected chi connectivity index (χ2v) is 4.56. The van der Waals surface area contributed by atoms with Crippen molar-refractivity contribution >= 4 is 17.5 Å². The SMILES string of the molecule is CC(C)C(=O)NCCNC(=O)Cc1ccc(N)cn1. The monoisotopic (exact) mass is 264 g/mol. The van der Waals surface area contributed by atoms with Crippen LogP contribution in [0.3, 0.4) is 0 Å². The second-order valence-electron chi connectivity index (χ2n) is 4.56. The van der Waals surface area contributed by atoms with Crippen LogP contribution in [0.2, 0.25) is 0 Å². The summed E-state index contributed by atoms with van der Waals surface area (Å²) in [5.41, 5.74) is 6.74. The molecule has 0 saturated heterocycles. The van der Waals surface area contributed by atoms with Crippen molar-refractivity contribution in [1.29, 1.82) is 0 Å². The lowest BCUT2D eigenvalue weighted by molar-refractivity contribution is -0.124. The molecule has 0 saturated carbocycles. The summed E-state index contributed by atoms with van der Waals surface area (Å²) in [6, 6.07) is 3.42. The first-order chi connectivity index (χ1) is 8.99. The van der Waals surface area contributed by atoms with E-state index in [1.807, 2.05) is 13.8 Å². The fourth-order valence-electron chi connectivity index (χ4n) is 1.36. The summed E-state index contributed by atoms with van der Waals surface area (Å²) in [6.45, 7) is 4.48. The molecule has 1 aromatic rings. The van der Waals surface area contributed by atoms with E-state index in [1.54, 1.807) is 12.1 Å². The quantitative estimate of drug-likeness (QED) is 0.634. The third-order valence-electron chi connectivity index (χ3n) is 2.46. The van der Waals surface area contributed by atoms with E-state index in [9.17, 15) is 9.59 Å². The van der Waals surface area contributed by atoms with Crippen LogP contribution in [0.1, 0.15) is 19.5 Å². The number of nitrogens with zero attached hydrogens (tertiary/aromatic N) is 1. The largest absolute Gasteiger partial charge is 0.397 e. The maximum atomic E-state index is 11.6. The van der Waals surface area contributed by atoms with E-state index in [1.165, 1.54) is 6.20 Å².